The number of nitrogens with zero attached hydrogens (tertiary/aromatic N) is 4. The highest BCUT2D eigenvalue weighted by Crippen LogP contribution is 2.23. The van der Waals surface area contributed by atoms with Gasteiger partial charge in [-0.1, -0.05) is 32.0 Å². The van der Waals surface area contributed by atoms with Gasteiger partial charge in [0.25, 0.3) is 0 Å². The number of alkyl halides is 3. The van der Waals surface area contributed by atoms with Gasteiger partial charge in [0.05, 0.1) is 12.2 Å². The van der Waals surface area contributed by atoms with E-state index in [1.807, 2.05) is 30.3 Å². The lowest BCUT2D eigenvalue weighted by Crippen LogP contribution is -2.21. The molecule has 2 aromatic heterocycles. The van der Waals surface area contributed by atoms with Crippen LogP contribution in [0.15, 0.2) is 48.7 Å². The molecule has 3 aromatic rings. The largest absolute Gasteiger partial charge is 0.454 e. The molecule has 0 aliphatic rings. The molecular weight excluding hydrogens is 397 g/mol. The molecule has 30 heavy (non-hydrogen) atoms. The van der Waals surface area contributed by atoms with Crippen molar-refractivity contribution < 1.29 is 17.9 Å². The minimum absolute atomic E-state index is 0.0617. The van der Waals surface area contributed by atoms with E-state index in [0.717, 1.165) is 11.3 Å². The number of benzene rings is 1. The molecule has 0 bridgehead atoms. The van der Waals surface area contributed by atoms with Crippen molar-refractivity contribution in [2.24, 2.45) is 0 Å². The molecule has 2 N–H and O–H groups in total. The molecule has 10 heteroatoms. The Morgan fingerprint density at radius 2 is 1.80 bits per heavy atom. The molecule has 0 fully saturated rings. The van der Waals surface area contributed by atoms with Crippen LogP contribution in [0.25, 0.3) is 0 Å². The van der Waals surface area contributed by atoms with Crippen molar-refractivity contribution >= 4 is 17.6 Å². The summed E-state index contributed by atoms with van der Waals surface area (Å²) in [5.41, 5.74) is 2.51. The van der Waals surface area contributed by atoms with Gasteiger partial charge in [0.1, 0.15) is 0 Å². The van der Waals surface area contributed by atoms with Crippen LogP contribution in [-0.2, 0) is 6.54 Å². The van der Waals surface area contributed by atoms with Crippen molar-refractivity contribution in [3.8, 4) is 6.01 Å². The normalized spacial score (nSPS) is 11.4. The van der Waals surface area contributed by atoms with E-state index in [2.05, 4.69) is 44.4 Å². The third-order valence-electron chi connectivity index (χ3n) is 3.94. The summed E-state index contributed by atoms with van der Waals surface area (Å²) >= 11 is 0. The first-order valence-corrected chi connectivity index (χ1v) is 9.25. The van der Waals surface area contributed by atoms with Crippen LogP contribution in [-0.4, -0.2) is 32.7 Å². The minimum Gasteiger partial charge on any atom is -0.454 e. The molecule has 0 radical (unpaired) electrons. The van der Waals surface area contributed by atoms with Crippen LogP contribution in [0, 0.1) is 0 Å². The molecule has 0 aliphatic carbocycles. The quantitative estimate of drug-likeness (QED) is 0.549. The molecule has 0 aliphatic heterocycles. The number of halogens is 3. The van der Waals surface area contributed by atoms with E-state index >= 15 is 0 Å². The Labute approximate surface area is 171 Å². The topological polar surface area (TPSA) is 84.9 Å². The molecule has 0 unspecified atom stereocenters. The Hall–Kier alpha value is -3.43. The molecular formula is C20H21F3N6O. The second kappa shape index (κ2) is 9.38. The van der Waals surface area contributed by atoms with Gasteiger partial charge in [0.15, 0.2) is 6.61 Å². The van der Waals surface area contributed by atoms with Gasteiger partial charge in [-0.2, -0.15) is 28.1 Å². The molecule has 2 heterocycles. The highest BCUT2D eigenvalue weighted by atomic mass is 19.4. The van der Waals surface area contributed by atoms with Gasteiger partial charge < -0.3 is 15.4 Å². The van der Waals surface area contributed by atoms with Gasteiger partial charge in [-0.3, -0.25) is 4.98 Å². The van der Waals surface area contributed by atoms with E-state index in [9.17, 15) is 13.2 Å². The zero-order chi connectivity index (χ0) is 21.6. The highest BCUT2D eigenvalue weighted by Gasteiger charge is 2.29. The number of pyridine rings is 1. The molecule has 0 atom stereocenters. The van der Waals surface area contributed by atoms with Crippen LogP contribution in [0.2, 0.25) is 0 Å². The number of nitrogens with one attached hydrogen (secondary N) is 2. The maximum atomic E-state index is 12.5. The van der Waals surface area contributed by atoms with E-state index in [1.54, 1.807) is 18.3 Å². The van der Waals surface area contributed by atoms with Gasteiger partial charge in [0, 0.05) is 11.9 Å². The van der Waals surface area contributed by atoms with Crippen LogP contribution < -0.4 is 15.4 Å². The van der Waals surface area contributed by atoms with E-state index in [-0.39, 0.29) is 18.4 Å². The Morgan fingerprint density at radius 1 is 1.00 bits per heavy atom. The van der Waals surface area contributed by atoms with Crippen LogP contribution >= 0.6 is 0 Å². The number of hydrogen-bond acceptors (Lipinski definition) is 7. The Bertz CT molecular complexity index is 966. The predicted octanol–water partition coefficient (Wildman–Crippen LogP) is 4.69. The zero-order valence-electron chi connectivity index (χ0n) is 16.4. The minimum atomic E-state index is -4.51. The van der Waals surface area contributed by atoms with Crippen LogP contribution in [0.4, 0.5) is 30.8 Å². The summed E-state index contributed by atoms with van der Waals surface area (Å²) in [6.45, 7) is 2.90. The summed E-state index contributed by atoms with van der Waals surface area (Å²) in [5.74, 6) is 0.438. The molecule has 0 saturated carbocycles. The Kier molecular flexibility index (Phi) is 6.65. The molecule has 158 valence electrons. The number of hydrogen-bond donors (Lipinski definition) is 2. The summed E-state index contributed by atoms with van der Waals surface area (Å²) in [6, 6.07) is 12.6. The van der Waals surface area contributed by atoms with Crippen molar-refractivity contribution in [2.45, 2.75) is 32.5 Å². The first kappa shape index (κ1) is 21.3. The van der Waals surface area contributed by atoms with Crippen LogP contribution in [0.1, 0.15) is 31.0 Å². The highest BCUT2D eigenvalue weighted by molar-refractivity contribution is 5.55. The molecule has 0 spiro atoms. The van der Waals surface area contributed by atoms with Crippen LogP contribution in [0.5, 0.6) is 6.01 Å². The lowest BCUT2D eigenvalue weighted by Gasteiger charge is -2.13. The third-order valence-corrected chi connectivity index (χ3v) is 3.94. The Morgan fingerprint density at radius 3 is 2.50 bits per heavy atom. The van der Waals surface area contributed by atoms with Crippen molar-refractivity contribution in [1.29, 1.82) is 0 Å². The molecule has 3 rings (SSSR count). The molecule has 7 nitrogen and oxygen atoms in total. The summed E-state index contributed by atoms with van der Waals surface area (Å²) in [7, 11) is 0. The van der Waals surface area contributed by atoms with E-state index in [4.69, 9.17) is 4.74 Å². The predicted molar refractivity (Wildman–Crippen MR) is 107 cm³/mol. The van der Waals surface area contributed by atoms with Crippen molar-refractivity contribution in [2.75, 3.05) is 17.2 Å². The molecule has 0 amide bonds. The zero-order valence-corrected chi connectivity index (χ0v) is 16.4. The fourth-order valence-corrected chi connectivity index (χ4v) is 2.48. The van der Waals surface area contributed by atoms with Gasteiger partial charge in [-0.05, 0) is 35.7 Å². The lowest BCUT2D eigenvalue weighted by atomic mass is 10.0. The van der Waals surface area contributed by atoms with Gasteiger partial charge in [-0.15, -0.1) is 0 Å². The average Bonchev–Trinajstić information content (AvgIpc) is 2.71. The standard InChI is InChI=1S/C20H21F3N6O/c1-13(2)14-6-5-8-15(10-14)26-18-27-17(25-11-16-7-3-4-9-24-16)28-19(29-18)30-12-20(21,22)23/h3-10,13H,11-12H2,1-2H3,(H2,25,26,27,28,29). The third kappa shape index (κ3) is 6.57. The van der Waals surface area contributed by atoms with E-state index in [1.165, 1.54) is 0 Å². The smallest absolute Gasteiger partial charge is 0.422 e. The van der Waals surface area contributed by atoms with E-state index in [0.29, 0.717) is 11.6 Å². The Balaban J connectivity index is 1.82. The second-order valence-corrected chi connectivity index (χ2v) is 6.75. The fraction of sp³-hybridized carbons (Fsp3) is 0.300. The van der Waals surface area contributed by atoms with Gasteiger partial charge >= 0.3 is 12.2 Å². The number of rotatable bonds is 8. The fourth-order valence-electron chi connectivity index (χ4n) is 2.48. The lowest BCUT2D eigenvalue weighted by molar-refractivity contribution is -0.154. The summed E-state index contributed by atoms with van der Waals surface area (Å²) in [5, 5.41) is 5.92. The first-order chi connectivity index (χ1) is 14.3. The average molecular weight is 418 g/mol. The first-order valence-electron chi connectivity index (χ1n) is 9.25. The van der Waals surface area contributed by atoms with Crippen molar-refractivity contribution in [3.63, 3.8) is 0 Å². The maximum Gasteiger partial charge on any atom is 0.422 e. The number of ether oxygens (including phenoxy) is 1. The van der Waals surface area contributed by atoms with E-state index < -0.39 is 18.8 Å². The summed E-state index contributed by atoms with van der Waals surface area (Å²) < 4.78 is 42.3. The summed E-state index contributed by atoms with van der Waals surface area (Å²) in [4.78, 5) is 16.3. The number of anilines is 3. The van der Waals surface area contributed by atoms with Crippen molar-refractivity contribution in [1.82, 2.24) is 19.9 Å². The van der Waals surface area contributed by atoms with Crippen molar-refractivity contribution in [3.05, 3.63) is 59.9 Å². The molecule has 0 saturated heterocycles. The van der Waals surface area contributed by atoms with Gasteiger partial charge in [-0.25, -0.2) is 0 Å². The number of aromatic nitrogens is 4. The molecule has 1 aromatic carbocycles. The SMILES string of the molecule is CC(C)c1cccc(Nc2nc(NCc3ccccn3)nc(OCC(F)(F)F)n2)c1. The maximum absolute atomic E-state index is 12.5. The van der Waals surface area contributed by atoms with Crippen LogP contribution in [0.3, 0.4) is 0 Å². The monoisotopic (exact) mass is 418 g/mol. The van der Waals surface area contributed by atoms with Gasteiger partial charge in [0.2, 0.25) is 11.9 Å². The summed E-state index contributed by atoms with van der Waals surface area (Å²) in [6.07, 6.45) is -2.87. The second-order valence-electron chi connectivity index (χ2n) is 6.75.